The van der Waals surface area contributed by atoms with Crippen molar-refractivity contribution in [3.63, 3.8) is 0 Å². The van der Waals surface area contributed by atoms with Gasteiger partial charge in [-0.1, -0.05) is 0 Å². The van der Waals surface area contributed by atoms with Crippen molar-refractivity contribution in [2.24, 2.45) is 0 Å². The Kier molecular flexibility index (Phi) is 2.99. The first kappa shape index (κ1) is 11.4. The Morgan fingerprint density at radius 3 is 2.76 bits per heavy atom. The van der Waals surface area contributed by atoms with Crippen LogP contribution in [0.5, 0.6) is 5.75 Å². The Morgan fingerprint density at radius 2 is 2.24 bits per heavy atom. The van der Waals surface area contributed by atoms with Crippen LogP contribution >= 0.6 is 0 Å². The molecule has 2 aromatic rings. The first-order valence-electron chi connectivity index (χ1n) is 5.36. The molecule has 1 aromatic heterocycles. The van der Waals surface area contributed by atoms with E-state index in [9.17, 15) is 4.39 Å². The van der Waals surface area contributed by atoms with Gasteiger partial charge in [0.2, 0.25) is 5.95 Å². The van der Waals surface area contributed by atoms with Gasteiger partial charge in [-0.15, -0.1) is 0 Å². The second kappa shape index (κ2) is 4.45. The molecule has 0 saturated heterocycles. The highest BCUT2D eigenvalue weighted by Gasteiger charge is 2.08. The smallest absolute Gasteiger partial charge is 0.205 e. The molecule has 2 N–H and O–H groups in total. The SMILES string of the molecule is CCOc1ccc(-n2cc(C)nc2N)cc1F. The van der Waals surface area contributed by atoms with E-state index >= 15 is 0 Å². The number of halogens is 1. The van der Waals surface area contributed by atoms with Gasteiger partial charge in [0.25, 0.3) is 0 Å². The summed E-state index contributed by atoms with van der Waals surface area (Å²) >= 11 is 0. The van der Waals surface area contributed by atoms with E-state index in [0.717, 1.165) is 5.69 Å². The third-order valence-corrected chi connectivity index (χ3v) is 2.35. The molecule has 0 aliphatic carbocycles. The van der Waals surface area contributed by atoms with E-state index in [-0.39, 0.29) is 5.75 Å². The van der Waals surface area contributed by atoms with Crippen molar-refractivity contribution in [2.45, 2.75) is 13.8 Å². The first-order chi connectivity index (χ1) is 8.11. The summed E-state index contributed by atoms with van der Waals surface area (Å²) in [5.41, 5.74) is 7.14. The molecule has 0 amide bonds. The zero-order chi connectivity index (χ0) is 12.4. The summed E-state index contributed by atoms with van der Waals surface area (Å²) in [7, 11) is 0. The molecule has 0 aliphatic rings. The minimum atomic E-state index is -0.407. The summed E-state index contributed by atoms with van der Waals surface area (Å²) in [4.78, 5) is 4.06. The van der Waals surface area contributed by atoms with Gasteiger partial charge >= 0.3 is 0 Å². The molecule has 90 valence electrons. The van der Waals surface area contributed by atoms with Crippen molar-refractivity contribution in [2.75, 3.05) is 12.3 Å². The molecular weight excluding hydrogens is 221 g/mol. The van der Waals surface area contributed by atoms with E-state index in [1.165, 1.54) is 6.07 Å². The number of aromatic nitrogens is 2. The van der Waals surface area contributed by atoms with Crippen LogP contribution in [0.25, 0.3) is 5.69 Å². The van der Waals surface area contributed by atoms with Gasteiger partial charge in [-0.3, -0.25) is 4.57 Å². The molecule has 17 heavy (non-hydrogen) atoms. The maximum absolute atomic E-state index is 13.7. The minimum absolute atomic E-state index is 0.242. The molecule has 0 spiro atoms. The second-order valence-corrected chi connectivity index (χ2v) is 3.66. The minimum Gasteiger partial charge on any atom is -0.491 e. The standard InChI is InChI=1S/C12H14FN3O/c1-3-17-11-5-4-9(6-10(11)13)16-7-8(2)15-12(16)14/h4-7H,3H2,1-2H3,(H2,14,15). The summed E-state index contributed by atoms with van der Waals surface area (Å²) in [5.74, 6) is 0.174. The zero-order valence-corrected chi connectivity index (χ0v) is 9.77. The van der Waals surface area contributed by atoms with Crippen molar-refractivity contribution >= 4 is 5.95 Å². The van der Waals surface area contributed by atoms with Crippen molar-refractivity contribution < 1.29 is 9.13 Å². The lowest BCUT2D eigenvalue weighted by molar-refractivity contribution is 0.321. The number of anilines is 1. The molecule has 1 aromatic carbocycles. The number of aryl methyl sites for hydroxylation is 1. The van der Waals surface area contributed by atoms with E-state index in [0.29, 0.717) is 18.2 Å². The fourth-order valence-electron chi connectivity index (χ4n) is 1.64. The molecule has 0 fully saturated rings. The third-order valence-electron chi connectivity index (χ3n) is 2.35. The predicted molar refractivity (Wildman–Crippen MR) is 63.8 cm³/mol. The van der Waals surface area contributed by atoms with Gasteiger partial charge in [-0.2, -0.15) is 0 Å². The Labute approximate surface area is 98.8 Å². The summed E-state index contributed by atoms with van der Waals surface area (Å²) < 4.78 is 20.4. The quantitative estimate of drug-likeness (QED) is 0.888. The number of ether oxygens (including phenoxy) is 1. The Bertz CT molecular complexity index is 537. The Balaban J connectivity index is 2.41. The highest BCUT2D eigenvalue weighted by Crippen LogP contribution is 2.22. The number of nitrogens with zero attached hydrogens (tertiary/aromatic N) is 2. The van der Waals surface area contributed by atoms with Crippen LogP contribution in [0.2, 0.25) is 0 Å². The molecule has 4 nitrogen and oxygen atoms in total. The maximum Gasteiger partial charge on any atom is 0.205 e. The normalized spacial score (nSPS) is 10.5. The average molecular weight is 235 g/mol. The van der Waals surface area contributed by atoms with Crippen LogP contribution in [-0.2, 0) is 0 Å². The largest absolute Gasteiger partial charge is 0.491 e. The molecule has 0 saturated carbocycles. The number of rotatable bonds is 3. The molecule has 0 unspecified atom stereocenters. The molecule has 5 heteroatoms. The average Bonchev–Trinajstić information content (AvgIpc) is 2.61. The predicted octanol–water partition coefficient (Wildman–Crippen LogP) is 2.30. The van der Waals surface area contributed by atoms with Crippen molar-refractivity contribution in [1.82, 2.24) is 9.55 Å². The van der Waals surface area contributed by atoms with Crippen molar-refractivity contribution in [3.8, 4) is 11.4 Å². The van der Waals surface area contributed by atoms with Crippen LogP contribution in [0, 0.1) is 12.7 Å². The van der Waals surface area contributed by atoms with Crippen LogP contribution in [-0.4, -0.2) is 16.2 Å². The third kappa shape index (κ3) is 2.22. The number of nitrogen functional groups attached to an aromatic ring is 1. The van der Waals surface area contributed by atoms with E-state index < -0.39 is 5.82 Å². The van der Waals surface area contributed by atoms with Gasteiger partial charge in [0.1, 0.15) is 0 Å². The summed E-state index contributed by atoms with van der Waals surface area (Å²) in [6.45, 7) is 4.07. The number of hydrogen-bond donors (Lipinski definition) is 1. The molecule has 0 radical (unpaired) electrons. The molecule has 0 bridgehead atoms. The lowest BCUT2D eigenvalue weighted by Crippen LogP contribution is -2.01. The van der Waals surface area contributed by atoms with Gasteiger partial charge in [0.15, 0.2) is 11.6 Å². The fourth-order valence-corrected chi connectivity index (χ4v) is 1.64. The molecule has 2 rings (SSSR count). The van der Waals surface area contributed by atoms with Crippen molar-refractivity contribution in [1.29, 1.82) is 0 Å². The van der Waals surface area contributed by atoms with Crippen LogP contribution in [0.15, 0.2) is 24.4 Å². The maximum atomic E-state index is 13.7. The van der Waals surface area contributed by atoms with Gasteiger partial charge in [-0.05, 0) is 26.0 Å². The van der Waals surface area contributed by atoms with Gasteiger partial charge in [0, 0.05) is 12.3 Å². The lowest BCUT2D eigenvalue weighted by atomic mass is 10.3. The number of hydrogen-bond acceptors (Lipinski definition) is 3. The highest BCUT2D eigenvalue weighted by molar-refractivity contribution is 5.44. The van der Waals surface area contributed by atoms with Crippen LogP contribution in [0.1, 0.15) is 12.6 Å². The molecule has 0 atom stereocenters. The van der Waals surface area contributed by atoms with E-state index in [1.807, 2.05) is 13.8 Å². The lowest BCUT2D eigenvalue weighted by Gasteiger charge is -2.08. The molecular formula is C12H14FN3O. The van der Waals surface area contributed by atoms with E-state index in [1.54, 1.807) is 22.9 Å². The first-order valence-corrected chi connectivity index (χ1v) is 5.36. The number of benzene rings is 1. The van der Waals surface area contributed by atoms with Gasteiger partial charge in [0.05, 0.1) is 18.0 Å². The number of nitrogens with two attached hydrogens (primary N) is 1. The van der Waals surface area contributed by atoms with Crippen LogP contribution in [0.3, 0.4) is 0 Å². The number of imidazole rings is 1. The van der Waals surface area contributed by atoms with Crippen molar-refractivity contribution in [3.05, 3.63) is 35.9 Å². The fraction of sp³-hybridized carbons (Fsp3) is 0.250. The van der Waals surface area contributed by atoms with E-state index in [2.05, 4.69) is 4.98 Å². The summed E-state index contributed by atoms with van der Waals surface area (Å²) in [6, 6.07) is 4.71. The highest BCUT2D eigenvalue weighted by atomic mass is 19.1. The van der Waals surface area contributed by atoms with Crippen LogP contribution in [0.4, 0.5) is 10.3 Å². The van der Waals surface area contributed by atoms with Gasteiger partial charge < -0.3 is 10.5 Å². The molecule has 1 heterocycles. The summed E-state index contributed by atoms with van der Waals surface area (Å²) in [6.07, 6.45) is 1.75. The van der Waals surface area contributed by atoms with E-state index in [4.69, 9.17) is 10.5 Å². The summed E-state index contributed by atoms with van der Waals surface area (Å²) in [5, 5.41) is 0. The Morgan fingerprint density at radius 1 is 1.47 bits per heavy atom. The van der Waals surface area contributed by atoms with Crippen LogP contribution < -0.4 is 10.5 Å². The molecule has 0 aliphatic heterocycles. The monoisotopic (exact) mass is 235 g/mol. The second-order valence-electron chi connectivity index (χ2n) is 3.66. The zero-order valence-electron chi connectivity index (χ0n) is 9.77. The van der Waals surface area contributed by atoms with Gasteiger partial charge in [-0.25, -0.2) is 9.37 Å². The Hall–Kier alpha value is -2.04. The topological polar surface area (TPSA) is 53.1 Å².